The van der Waals surface area contributed by atoms with Gasteiger partial charge in [-0.25, -0.2) is 0 Å². The summed E-state index contributed by atoms with van der Waals surface area (Å²) in [4.78, 5) is 17.7. The van der Waals surface area contributed by atoms with Gasteiger partial charge in [0.15, 0.2) is 6.54 Å². The van der Waals surface area contributed by atoms with Crippen LogP contribution in [0.4, 0.5) is 0 Å². The minimum absolute atomic E-state index is 0.110. The molecule has 2 N–H and O–H groups in total. The zero-order chi connectivity index (χ0) is 20.2. The maximum absolute atomic E-state index is 12.8. The molecule has 4 rings (SSSR count). The molecule has 2 aliphatic heterocycles. The Morgan fingerprint density at radius 1 is 1.07 bits per heavy atom. The highest BCUT2D eigenvalue weighted by molar-refractivity contribution is 5.77. The highest BCUT2D eigenvalue weighted by atomic mass is 16.5. The van der Waals surface area contributed by atoms with Gasteiger partial charge in [0.05, 0.1) is 12.6 Å². The SMILES string of the molecule is C[C@@H](c1ccccc1)N(C)C(=O)C[NH+]1CC[NH+](Cc2ccc3c(c2)CCO3)CC1. The topological polar surface area (TPSA) is 38.4 Å². The lowest BCUT2D eigenvalue weighted by atomic mass is 10.1. The first-order valence-corrected chi connectivity index (χ1v) is 10.8. The number of carbonyl (C=O) groups is 1. The van der Waals surface area contributed by atoms with Crippen molar-refractivity contribution >= 4 is 5.91 Å². The summed E-state index contributed by atoms with van der Waals surface area (Å²) in [7, 11) is 1.93. The number of quaternary nitrogens is 2. The lowest BCUT2D eigenvalue weighted by Crippen LogP contribution is -3.28. The van der Waals surface area contributed by atoms with Gasteiger partial charge in [-0.05, 0) is 36.2 Å². The quantitative estimate of drug-likeness (QED) is 0.730. The van der Waals surface area contributed by atoms with Crippen molar-refractivity contribution in [3.05, 3.63) is 65.2 Å². The van der Waals surface area contributed by atoms with Crippen LogP contribution in [-0.4, -0.2) is 57.2 Å². The summed E-state index contributed by atoms with van der Waals surface area (Å²) in [5.41, 5.74) is 3.94. The van der Waals surface area contributed by atoms with E-state index in [9.17, 15) is 4.79 Å². The van der Waals surface area contributed by atoms with Crippen LogP contribution < -0.4 is 14.5 Å². The fourth-order valence-electron chi connectivity index (χ4n) is 4.46. The largest absolute Gasteiger partial charge is 0.493 e. The van der Waals surface area contributed by atoms with Gasteiger partial charge in [0.1, 0.15) is 38.5 Å². The number of piperazine rings is 1. The molecule has 0 saturated carbocycles. The summed E-state index contributed by atoms with van der Waals surface area (Å²) >= 11 is 0. The Hall–Kier alpha value is -2.37. The second kappa shape index (κ2) is 8.97. The van der Waals surface area contributed by atoms with Crippen LogP contribution in [0.25, 0.3) is 0 Å². The van der Waals surface area contributed by atoms with Crippen LogP contribution in [0.2, 0.25) is 0 Å². The minimum atomic E-state index is 0.110. The average molecular weight is 396 g/mol. The molecule has 0 radical (unpaired) electrons. The summed E-state index contributed by atoms with van der Waals surface area (Å²) < 4.78 is 5.61. The first-order chi connectivity index (χ1) is 14.1. The van der Waals surface area contributed by atoms with E-state index < -0.39 is 0 Å². The van der Waals surface area contributed by atoms with Gasteiger partial charge in [0.2, 0.25) is 0 Å². The number of hydrogen-bond donors (Lipinski definition) is 2. The first kappa shape index (κ1) is 19.9. The minimum Gasteiger partial charge on any atom is -0.493 e. The summed E-state index contributed by atoms with van der Waals surface area (Å²) in [6, 6.07) is 17.0. The first-order valence-electron chi connectivity index (χ1n) is 10.8. The van der Waals surface area contributed by atoms with Crippen molar-refractivity contribution in [2.45, 2.75) is 25.9 Å². The third kappa shape index (κ3) is 4.80. The highest BCUT2D eigenvalue weighted by Crippen LogP contribution is 2.25. The van der Waals surface area contributed by atoms with E-state index in [0.717, 1.165) is 51.5 Å². The van der Waals surface area contributed by atoms with Crippen LogP contribution in [0.1, 0.15) is 29.7 Å². The Morgan fingerprint density at radius 2 is 1.79 bits per heavy atom. The van der Waals surface area contributed by atoms with Gasteiger partial charge in [-0.1, -0.05) is 30.3 Å². The number of amides is 1. The van der Waals surface area contributed by atoms with E-state index in [0.29, 0.717) is 6.54 Å². The molecule has 5 nitrogen and oxygen atoms in total. The molecule has 1 fully saturated rings. The molecule has 0 spiro atoms. The number of ether oxygens (including phenoxy) is 1. The molecular formula is C24H33N3O2+2. The van der Waals surface area contributed by atoms with Gasteiger partial charge < -0.3 is 19.4 Å². The van der Waals surface area contributed by atoms with Gasteiger partial charge in [-0.3, -0.25) is 4.79 Å². The van der Waals surface area contributed by atoms with E-state index in [1.54, 1.807) is 4.90 Å². The standard InChI is InChI=1S/C24H31N3O2/c1-19(21-6-4-3-5-7-21)25(2)24(28)18-27-13-11-26(12-14-27)17-20-8-9-23-22(16-20)10-15-29-23/h3-9,16,19H,10-15,17-18H2,1-2H3/p+2/t19-/m0/s1. The Bertz CT molecular complexity index is 831. The Labute approximate surface area is 173 Å². The van der Waals surface area contributed by atoms with E-state index in [1.165, 1.54) is 21.6 Å². The molecule has 1 atom stereocenters. The number of nitrogens with one attached hydrogen (secondary N) is 2. The van der Waals surface area contributed by atoms with Crippen molar-refractivity contribution in [2.75, 3.05) is 46.4 Å². The number of rotatable bonds is 6. The van der Waals surface area contributed by atoms with E-state index in [4.69, 9.17) is 4.74 Å². The van der Waals surface area contributed by atoms with Gasteiger partial charge in [-0.15, -0.1) is 0 Å². The molecule has 29 heavy (non-hydrogen) atoms. The summed E-state index contributed by atoms with van der Waals surface area (Å²) in [5, 5.41) is 0. The number of hydrogen-bond acceptors (Lipinski definition) is 2. The molecule has 0 aromatic heterocycles. The summed E-state index contributed by atoms with van der Waals surface area (Å²) in [6.07, 6.45) is 1.04. The molecule has 2 heterocycles. The maximum Gasteiger partial charge on any atom is 0.278 e. The molecule has 2 aromatic carbocycles. The molecule has 0 aliphatic carbocycles. The third-order valence-corrected chi connectivity index (χ3v) is 6.53. The van der Waals surface area contributed by atoms with Crippen molar-refractivity contribution in [1.29, 1.82) is 0 Å². The molecule has 1 amide bonds. The molecule has 154 valence electrons. The zero-order valence-electron chi connectivity index (χ0n) is 17.6. The third-order valence-electron chi connectivity index (χ3n) is 6.53. The Kier molecular flexibility index (Phi) is 6.16. The van der Waals surface area contributed by atoms with Crippen LogP contribution in [0.3, 0.4) is 0 Å². The monoisotopic (exact) mass is 395 g/mol. The van der Waals surface area contributed by atoms with Crippen molar-refractivity contribution in [2.24, 2.45) is 0 Å². The van der Waals surface area contributed by atoms with Crippen molar-refractivity contribution in [1.82, 2.24) is 4.90 Å². The van der Waals surface area contributed by atoms with Crippen molar-refractivity contribution < 1.29 is 19.3 Å². The fourth-order valence-corrected chi connectivity index (χ4v) is 4.46. The predicted octanol–water partition coefficient (Wildman–Crippen LogP) is 0.125. The van der Waals surface area contributed by atoms with Gasteiger partial charge in [-0.2, -0.15) is 0 Å². The normalized spacial score (nSPS) is 21.9. The van der Waals surface area contributed by atoms with Gasteiger partial charge in [0.25, 0.3) is 5.91 Å². The molecule has 0 bridgehead atoms. The van der Waals surface area contributed by atoms with Crippen LogP contribution in [0.5, 0.6) is 5.75 Å². The van der Waals surface area contributed by atoms with Crippen molar-refractivity contribution in [3.8, 4) is 5.75 Å². The fraction of sp³-hybridized carbons (Fsp3) is 0.458. The van der Waals surface area contributed by atoms with E-state index >= 15 is 0 Å². The summed E-state index contributed by atoms with van der Waals surface area (Å²) in [5.74, 6) is 1.30. The van der Waals surface area contributed by atoms with E-state index in [2.05, 4.69) is 37.3 Å². The molecule has 5 heteroatoms. The molecule has 2 aliphatic rings. The number of fused-ring (bicyclic) bond motifs is 1. The summed E-state index contributed by atoms with van der Waals surface area (Å²) in [6.45, 7) is 8.94. The lowest BCUT2D eigenvalue weighted by Gasteiger charge is -2.31. The smallest absolute Gasteiger partial charge is 0.278 e. The van der Waals surface area contributed by atoms with Gasteiger partial charge >= 0.3 is 0 Å². The average Bonchev–Trinajstić information content (AvgIpc) is 3.22. The molecule has 2 aromatic rings. The highest BCUT2D eigenvalue weighted by Gasteiger charge is 2.27. The Morgan fingerprint density at radius 3 is 2.55 bits per heavy atom. The number of likely N-dealkylation sites (N-methyl/N-ethyl adjacent to an activating group) is 1. The molecule has 0 unspecified atom stereocenters. The van der Waals surface area contributed by atoms with Crippen molar-refractivity contribution in [3.63, 3.8) is 0 Å². The number of carbonyl (C=O) groups excluding carboxylic acids is 1. The number of nitrogens with zero attached hydrogens (tertiary/aromatic N) is 1. The lowest BCUT2D eigenvalue weighted by molar-refractivity contribution is -1.02. The molecule has 1 saturated heterocycles. The number of benzene rings is 2. The maximum atomic E-state index is 12.8. The van der Waals surface area contributed by atoms with E-state index in [-0.39, 0.29) is 11.9 Å². The van der Waals surface area contributed by atoms with Crippen LogP contribution in [-0.2, 0) is 17.8 Å². The Balaban J connectivity index is 1.25. The van der Waals surface area contributed by atoms with Gasteiger partial charge in [0, 0.05) is 19.0 Å². The van der Waals surface area contributed by atoms with Crippen LogP contribution in [0.15, 0.2) is 48.5 Å². The second-order valence-corrected chi connectivity index (χ2v) is 8.49. The second-order valence-electron chi connectivity index (χ2n) is 8.49. The van der Waals surface area contributed by atoms with Crippen LogP contribution in [0, 0.1) is 0 Å². The predicted molar refractivity (Wildman–Crippen MR) is 113 cm³/mol. The molecular weight excluding hydrogens is 362 g/mol. The van der Waals surface area contributed by atoms with Crippen LogP contribution >= 0.6 is 0 Å². The van der Waals surface area contributed by atoms with E-state index in [1.807, 2.05) is 30.1 Å². The zero-order valence-corrected chi connectivity index (χ0v) is 17.6.